The normalized spacial score (nSPS) is 17.5. The predicted octanol–water partition coefficient (Wildman–Crippen LogP) is 3.48. The molecule has 35 heavy (non-hydrogen) atoms. The van der Waals surface area contributed by atoms with E-state index in [1.54, 1.807) is 12.3 Å². The molecule has 0 unspecified atom stereocenters. The van der Waals surface area contributed by atoms with Crippen molar-refractivity contribution in [2.45, 2.75) is 26.2 Å². The number of amidine groups is 1. The summed E-state index contributed by atoms with van der Waals surface area (Å²) in [5, 5.41) is 7.73. The first-order valence-corrected chi connectivity index (χ1v) is 12.7. The number of benzene rings is 1. The number of amides is 3. The van der Waals surface area contributed by atoms with Gasteiger partial charge in [0.2, 0.25) is 12.3 Å². The van der Waals surface area contributed by atoms with E-state index in [-0.39, 0.29) is 17.7 Å². The number of rotatable bonds is 11. The molecule has 2 N–H and O–H groups in total. The summed E-state index contributed by atoms with van der Waals surface area (Å²) in [6.07, 6.45) is 6.47. The fraction of sp³-hybridized carbons (Fsp3) is 0.348. The lowest BCUT2D eigenvalue weighted by atomic mass is 10.2. The molecule has 0 atom stereocenters. The number of carbonyl (C=O) groups excluding carboxylic acids is 3. The van der Waals surface area contributed by atoms with Gasteiger partial charge < -0.3 is 15.4 Å². The van der Waals surface area contributed by atoms with Crippen LogP contribution in [-0.4, -0.2) is 53.7 Å². The smallest absolute Gasteiger partial charge is 0.264 e. The molecule has 12 heteroatoms. The minimum absolute atomic E-state index is 0.00388. The number of aromatic nitrogens is 1. The van der Waals surface area contributed by atoms with Crippen molar-refractivity contribution in [3.8, 4) is 5.75 Å². The minimum atomic E-state index is -0.231. The number of hydrogen-bond donors (Lipinski definition) is 2. The molecule has 10 nitrogen and oxygen atoms in total. The van der Waals surface area contributed by atoms with E-state index < -0.39 is 0 Å². The molecule has 3 amide bonds. The van der Waals surface area contributed by atoms with Crippen LogP contribution < -0.4 is 15.4 Å². The van der Waals surface area contributed by atoms with Gasteiger partial charge in [-0.3, -0.25) is 19.2 Å². The molecule has 0 spiro atoms. The summed E-state index contributed by atoms with van der Waals surface area (Å²) in [5.74, 6) is 0.583. The number of carbonyl (C=O) groups is 3. The van der Waals surface area contributed by atoms with Crippen LogP contribution in [-0.2, 0) is 19.2 Å². The molecule has 2 heterocycles. The Labute approximate surface area is 210 Å². The third kappa shape index (κ3) is 7.13. The lowest BCUT2D eigenvalue weighted by Gasteiger charge is -2.11. The maximum absolute atomic E-state index is 12.4. The van der Waals surface area contributed by atoms with E-state index in [1.165, 1.54) is 30.1 Å². The second-order valence-electron chi connectivity index (χ2n) is 7.95. The molecular formula is C23H25N5O5S2. The first kappa shape index (κ1) is 24.9. The molecule has 4 rings (SSSR count). The number of ether oxygens (including phenoxy) is 1. The number of anilines is 1. The topological polar surface area (TPSA) is 122 Å². The van der Waals surface area contributed by atoms with Crippen molar-refractivity contribution >= 4 is 63.4 Å². The van der Waals surface area contributed by atoms with Crippen LogP contribution in [0.2, 0.25) is 0 Å². The zero-order valence-corrected chi connectivity index (χ0v) is 20.9. The van der Waals surface area contributed by atoms with Gasteiger partial charge in [-0.15, -0.1) is 0 Å². The Kier molecular flexibility index (Phi) is 8.16. The Hall–Kier alpha value is -3.22. The van der Waals surface area contributed by atoms with Gasteiger partial charge in [-0.2, -0.15) is 0 Å². The summed E-state index contributed by atoms with van der Waals surface area (Å²) < 4.78 is 5.72. The molecule has 0 radical (unpaired) electrons. The maximum Gasteiger partial charge on any atom is 0.264 e. The fourth-order valence-electron chi connectivity index (χ4n) is 3.01. The van der Waals surface area contributed by atoms with Gasteiger partial charge >= 0.3 is 0 Å². The van der Waals surface area contributed by atoms with Crippen LogP contribution in [0.5, 0.6) is 5.75 Å². The van der Waals surface area contributed by atoms with E-state index in [1.807, 2.05) is 25.1 Å². The fourth-order valence-corrected chi connectivity index (χ4v) is 4.68. The van der Waals surface area contributed by atoms with E-state index >= 15 is 0 Å². The Balaban J connectivity index is 1.32. The summed E-state index contributed by atoms with van der Waals surface area (Å²) >= 11 is 2.58. The first-order chi connectivity index (χ1) is 16.9. The maximum atomic E-state index is 12.4. The molecule has 1 aliphatic carbocycles. The zero-order valence-electron chi connectivity index (χ0n) is 19.3. The van der Waals surface area contributed by atoms with Crippen LogP contribution >= 0.6 is 23.1 Å². The SMILES string of the molecule is Cc1cc(OCCCON(C)C=O)ccc1/N=C1/NC(=O)/C(=C/c2cnc(NC(=O)C3CC3)s2)S1. The zero-order chi connectivity index (χ0) is 24.8. The molecule has 2 fully saturated rings. The van der Waals surface area contributed by atoms with Gasteiger partial charge in [0.15, 0.2) is 10.3 Å². The second-order valence-corrected chi connectivity index (χ2v) is 10.0. The standard InChI is InChI=1S/C23H25N5O5S2/c1-14-10-16(32-8-3-9-33-28(2)13-29)6-7-18(14)25-23-27-21(31)19(35-23)11-17-12-24-22(34-17)26-20(30)15-4-5-15/h6-7,10-13,15H,3-5,8-9H2,1-2H3,(H,24,26,30)(H,25,27,31)/b19-11-. The van der Waals surface area contributed by atoms with Crippen molar-refractivity contribution in [1.29, 1.82) is 0 Å². The highest BCUT2D eigenvalue weighted by Crippen LogP contribution is 2.33. The molecule has 184 valence electrons. The highest BCUT2D eigenvalue weighted by atomic mass is 32.2. The van der Waals surface area contributed by atoms with Crippen LogP contribution in [0, 0.1) is 12.8 Å². The van der Waals surface area contributed by atoms with Crippen molar-refractivity contribution in [2.75, 3.05) is 25.6 Å². The number of nitrogens with one attached hydrogen (secondary N) is 2. The van der Waals surface area contributed by atoms with Crippen molar-refractivity contribution in [3.05, 3.63) is 39.7 Å². The van der Waals surface area contributed by atoms with Gasteiger partial charge in [-0.25, -0.2) is 15.0 Å². The van der Waals surface area contributed by atoms with Crippen molar-refractivity contribution in [2.24, 2.45) is 10.9 Å². The average Bonchev–Trinajstić information content (AvgIpc) is 3.52. The van der Waals surface area contributed by atoms with Crippen LogP contribution in [0.3, 0.4) is 0 Å². The second kappa shape index (κ2) is 11.5. The van der Waals surface area contributed by atoms with Gasteiger partial charge in [0.1, 0.15) is 5.75 Å². The third-order valence-corrected chi connectivity index (χ3v) is 6.79. The third-order valence-electron chi connectivity index (χ3n) is 5.02. The number of aryl methyl sites for hydroxylation is 1. The number of nitrogens with zero attached hydrogens (tertiary/aromatic N) is 3. The molecule has 0 bridgehead atoms. The summed E-state index contributed by atoms with van der Waals surface area (Å²) in [5.41, 5.74) is 1.62. The van der Waals surface area contributed by atoms with E-state index in [9.17, 15) is 14.4 Å². The molecule has 1 saturated carbocycles. The van der Waals surface area contributed by atoms with Gasteiger partial charge in [0, 0.05) is 25.6 Å². The van der Waals surface area contributed by atoms with E-state index in [2.05, 4.69) is 20.6 Å². The van der Waals surface area contributed by atoms with Gasteiger partial charge in [-0.1, -0.05) is 11.3 Å². The molecule has 1 aromatic heterocycles. The number of hydroxylamine groups is 2. The van der Waals surface area contributed by atoms with Crippen molar-refractivity contribution in [3.63, 3.8) is 0 Å². The summed E-state index contributed by atoms with van der Waals surface area (Å²) in [7, 11) is 1.54. The Morgan fingerprint density at radius 2 is 2.20 bits per heavy atom. The van der Waals surface area contributed by atoms with Gasteiger partial charge in [0.05, 0.1) is 28.7 Å². The van der Waals surface area contributed by atoms with Crippen LogP contribution in [0.15, 0.2) is 34.3 Å². The van der Waals surface area contributed by atoms with Gasteiger partial charge in [0.25, 0.3) is 5.91 Å². The number of aliphatic imine (C=N–C) groups is 1. The lowest BCUT2D eigenvalue weighted by molar-refractivity contribution is -0.164. The highest BCUT2D eigenvalue weighted by Gasteiger charge is 2.30. The Morgan fingerprint density at radius 3 is 2.94 bits per heavy atom. The van der Waals surface area contributed by atoms with E-state index in [4.69, 9.17) is 9.57 Å². The highest BCUT2D eigenvalue weighted by molar-refractivity contribution is 8.18. The number of thioether (sulfide) groups is 1. The van der Waals surface area contributed by atoms with Crippen LogP contribution in [0.4, 0.5) is 10.8 Å². The number of thiazole rings is 1. The molecular weight excluding hydrogens is 490 g/mol. The monoisotopic (exact) mass is 515 g/mol. The van der Waals surface area contributed by atoms with E-state index in [0.29, 0.717) is 47.0 Å². The quantitative estimate of drug-likeness (QED) is 0.203. The number of hydrogen-bond acceptors (Lipinski definition) is 9. The van der Waals surface area contributed by atoms with Crippen molar-refractivity contribution in [1.82, 2.24) is 15.4 Å². The van der Waals surface area contributed by atoms with Crippen molar-refractivity contribution < 1.29 is 24.0 Å². The molecule has 1 aliphatic heterocycles. The minimum Gasteiger partial charge on any atom is -0.493 e. The first-order valence-electron chi connectivity index (χ1n) is 11.0. The average molecular weight is 516 g/mol. The predicted molar refractivity (Wildman–Crippen MR) is 135 cm³/mol. The molecule has 1 saturated heterocycles. The van der Waals surface area contributed by atoms with Crippen LogP contribution in [0.1, 0.15) is 29.7 Å². The summed E-state index contributed by atoms with van der Waals surface area (Å²) in [4.78, 5) is 50.0. The summed E-state index contributed by atoms with van der Waals surface area (Å²) in [6.45, 7) is 2.75. The Bertz CT molecular complexity index is 1170. The largest absolute Gasteiger partial charge is 0.493 e. The molecule has 2 aliphatic rings. The Morgan fingerprint density at radius 1 is 1.37 bits per heavy atom. The lowest BCUT2D eigenvalue weighted by Crippen LogP contribution is -2.19. The molecule has 1 aromatic carbocycles. The van der Waals surface area contributed by atoms with Crippen LogP contribution in [0.25, 0.3) is 6.08 Å². The summed E-state index contributed by atoms with van der Waals surface area (Å²) in [6, 6.07) is 5.53. The van der Waals surface area contributed by atoms with E-state index in [0.717, 1.165) is 34.0 Å². The molecule has 2 aromatic rings. The van der Waals surface area contributed by atoms with Gasteiger partial charge in [-0.05, 0) is 61.4 Å².